The van der Waals surface area contributed by atoms with Gasteiger partial charge < -0.3 is 15.4 Å². The number of hydrogen-bond donors (Lipinski definition) is 3. The number of H-pyrrole nitrogens is 1. The van der Waals surface area contributed by atoms with E-state index in [4.69, 9.17) is 5.11 Å². The molecule has 0 radical (unpaired) electrons. The summed E-state index contributed by atoms with van der Waals surface area (Å²) in [5, 5.41) is 11.3. The summed E-state index contributed by atoms with van der Waals surface area (Å²) in [7, 11) is 0. The van der Waals surface area contributed by atoms with Crippen molar-refractivity contribution in [2.45, 2.75) is 6.54 Å². The molecule has 1 heterocycles. The normalized spacial score (nSPS) is 10.6. The van der Waals surface area contributed by atoms with Gasteiger partial charge in [0.2, 0.25) is 0 Å². The number of amides is 1. The van der Waals surface area contributed by atoms with Crippen molar-refractivity contribution in [1.29, 1.82) is 0 Å². The zero-order chi connectivity index (χ0) is 14.4. The summed E-state index contributed by atoms with van der Waals surface area (Å²) < 4.78 is 0. The molecule has 2 rings (SSSR count). The van der Waals surface area contributed by atoms with Crippen molar-refractivity contribution in [3.8, 4) is 0 Å². The van der Waals surface area contributed by atoms with Gasteiger partial charge in [0.05, 0.1) is 18.6 Å². The fourth-order valence-corrected chi connectivity index (χ4v) is 1.57. The molecule has 6 heteroatoms. The highest BCUT2D eigenvalue weighted by molar-refractivity contribution is 5.94. The van der Waals surface area contributed by atoms with Crippen LogP contribution in [0.2, 0.25) is 0 Å². The molecule has 0 spiro atoms. The second kappa shape index (κ2) is 6.33. The van der Waals surface area contributed by atoms with E-state index in [1.54, 1.807) is 36.8 Å². The lowest BCUT2D eigenvalue weighted by Crippen LogP contribution is -2.22. The molecule has 0 saturated carbocycles. The van der Waals surface area contributed by atoms with Crippen LogP contribution in [-0.4, -0.2) is 27.0 Å². The standard InChI is InChI=1S/C14H13N3O3/c18-13(19)6-3-10-1-4-11(5-2-10)14(20)16-8-12-7-15-9-17-12/h1-7,9H,8H2,(H,15,17)(H,16,20)(H,18,19). The van der Waals surface area contributed by atoms with Gasteiger partial charge in [0.25, 0.3) is 5.91 Å². The van der Waals surface area contributed by atoms with Gasteiger partial charge in [-0.1, -0.05) is 12.1 Å². The molecule has 0 bridgehead atoms. The zero-order valence-electron chi connectivity index (χ0n) is 10.5. The molecule has 0 aliphatic rings. The number of nitrogens with zero attached hydrogens (tertiary/aromatic N) is 1. The fourth-order valence-electron chi connectivity index (χ4n) is 1.57. The second-order valence-corrected chi connectivity index (χ2v) is 4.05. The lowest BCUT2D eigenvalue weighted by molar-refractivity contribution is -0.131. The van der Waals surface area contributed by atoms with Gasteiger partial charge in [-0.2, -0.15) is 0 Å². The van der Waals surface area contributed by atoms with Gasteiger partial charge >= 0.3 is 5.97 Å². The zero-order valence-corrected chi connectivity index (χ0v) is 10.5. The molecular formula is C14H13N3O3. The third-order valence-electron chi connectivity index (χ3n) is 2.59. The van der Waals surface area contributed by atoms with Crippen LogP contribution in [0.5, 0.6) is 0 Å². The van der Waals surface area contributed by atoms with E-state index in [1.165, 1.54) is 6.08 Å². The molecule has 2 aromatic rings. The van der Waals surface area contributed by atoms with Crippen LogP contribution in [-0.2, 0) is 11.3 Å². The molecule has 6 nitrogen and oxygen atoms in total. The maximum absolute atomic E-state index is 11.9. The first-order valence-electron chi connectivity index (χ1n) is 5.91. The molecular weight excluding hydrogens is 258 g/mol. The molecule has 1 amide bonds. The Labute approximate surface area is 115 Å². The van der Waals surface area contributed by atoms with Gasteiger partial charge in [-0.3, -0.25) is 4.79 Å². The first-order valence-corrected chi connectivity index (χ1v) is 5.91. The van der Waals surface area contributed by atoms with E-state index in [0.717, 1.165) is 17.3 Å². The predicted octanol–water partition coefficient (Wildman–Crippen LogP) is 1.44. The van der Waals surface area contributed by atoms with Crippen LogP contribution in [0.3, 0.4) is 0 Å². The van der Waals surface area contributed by atoms with Crippen LogP contribution < -0.4 is 5.32 Å². The monoisotopic (exact) mass is 271 g/mol. The molecule has 1 aromatic heterocycles. The van der Waals surface area contributed by atoms with Crippen molar-refractivity contribution in [1.82, 2.24) is 15.3 Å². The number of hydrogen-bond acceptors (Lipinski definition) is 3. The molecule has 0 atom stereocenters. The van der Waals surface area contributed by atoms with Crippen LogP contribution in [0, 0.1) is 0 Å². The van der Waals surface area contributed by atoms with Gasteiger partial charge in [0.15, 0.2) is 0 Å². The summed E-state index contributed by atoms with van der Waals surface area (Å²) in [5.74, 6) is -1.21. The van der Waals surface area contributed by atoms with Crippen molar-refractivity contribution in [3.05, 3.63) is 59.7 Å². The number of carbonyl (C=O) groups excluding carboxylic acids is 1. The van der Waals surface area contributed by atoms with E-state index in [1.807, 2.05) is 0 Å². The van der Waals surface area contributed by atoms with Crippen molar-refractivity contribution in [2.75, 3.05) is 0 Å². The minimum atomic E-state index is -1.01. The van der Waals surface area contributed by atoms with Crippen molar-refractivity contribution >= 4 is 18.0 Å². The molecule has 102 valence electrons. The van der Waals surface area contributed by atoms with Gasteiger partial charge in [0, 0.05) is 17.8 Å². The summed E-state index contributed by atoms with van der Waals surface area (Å²) >= 11 is 0. The summed E-state index contributed by atoms with van der Waals surface area (Å²) in [5.41, 5.74) is 2.05. The molecule has 0 unspecified atom stereocenters. The van der Waals surface area contributed by atoms with Gasteiger partial charge in [0.1, 0.15) is 0 Å². The van der Waals surface area contributed by atoms with Crippen LogP contribution in [0.4, 0.5) is 0 Å². The Morgan fingerprint density at radius 2 is 2.05 bits per heavy atom. The smallest absolute Gasteiger partial charge is 0.328 e. The van der Waals surface area contributed by atoms with Gasteiger partial charge in [-0.25, -0.2) is 9.78 Å². The van der Waals surface area contributed by atoms with E-state index in [9.17, 15) is 9.59 Å². The molecule has 0 fully saturated rings. The quantitative estimate of drug-likeness (QED) is 0.717. The third-order valence-corrected chi connectivity index (χ3v) is 2.59. The lowest BCUT2D eigenvalue weighted by Gasteiger charge is -2.04. The minimum absolute atomic E-state index is 0.201. The van der Waals surface area contributed by atoms with E-state index in [0.29, 0.717) is 12.1 Å². The number of aliphatic carboxylic acids is 1. The summed E-state index contributed by atoms with van der Waals surface area (Å²) in [6.07, 6.45) is 5.70. The molecule has 20 heavy (non-hydrogen) atoms. The highest BCUT2D eigenvalue weighted by Gasteiger charge is 2.05. The highest BCUT2D eigenvalue weighted by Crippen LogP contribution is 2.06. The first kappa shape index (κ1) is 13.5. The number of nitrogens with one attached hydrogen (secondary N) is 2. The van der Waals surface area contributed by atoms with E-state index in [-0.39, 0.29) is 5.91 Å². The van der Waals surface area contributed by atoms with Crippen molar-refractivity contribution in [3.63, 3.8) is 0 Å². The van der Waals surface area contributed by atoms with Crippen LogP contribution in [0.15, 0.2) is 42.9 Å². The number of rotatable bonds is 5. The highest BCUT2D eigenvalue weighted by atomic mass is 16.4. The molecule has 3 N–H and O–H groups in total. The summed E-state index contributed by atoms with van der Waals surface area (Å²) in [6.45, 7) is 0.375. The van der Waals surface area contributed by atoms with Gasteiger partial charge in [-0.05, 0) is 23.8 Å². The molecule has 0 aliphatic carbocycles. The Morgan fingerprint density at radius 1 is 1.30 bits per heavy atom. The van der Waals surface area contributed by atoms with Gasteiger partial charge in [-0.15, -0.1) is 0 Å². The number of carboxylic acid groups (broad SMARTS) is 1. The maximum atomic E-state index is 11.9. The summed E-state index contributed by atoms with van der Waals surface area (Å²) in [4.78, 5) is 29.0. The number of imidazole rings is 1. The first-order chi connectivity index (χ1) is 9.65. The Bertz CT molecular complexity index is 616. The topological polar surface area (TPSA) is 95.1 Å². The van der Waals surface area contributed by atoms with E-state index >= 15 is 0 Å². The average molecular weight is 271 g/mol. The Balaban J connectivity index is 1.95. The SMILES string of the molecule is O=C(O)C=Cc1ccc(C(=O)NCc2cnc[nH]2)cc1. The Morgan fingerprint density at radius 3 is 2.65 bits per heavy atom. The molecule has 0 aliphatic heterocycles. The van der Waals surface area contributed by atoms with Crippen LogP contribution in [0.1, 0.15) is 21.6 Å². The van der Waals surface area contributed by atoms with Crippen molar-refractivity contribution in [2.24, 2.45) is 0 Å². The largest absolute Gasteiger partial charge is 0.478 e. The van der Waals surface area contributed by atoms with E-state index in [2.05, 4.69) is 15.3 Å². The second-order valence-electron chi connectivity index (χ2n) is 4.05. The molecule has 0 saturated heterocycles. The Kier molecular flexibility index (Phi) is 4.28. The number of aromatic nitrogens is 2. The van der Waals surface area contributed by atoms with Crippen LogP contribution in [0.25, 0.3) is 6.08 Å². The van der Waals surface area contributed by atoms with E-state index < -0.39 is 5.97 Å². The lowest BCUT2D eigenvalue weighted by atomic mass is 10.1. The fraction of sp³-hybridized carbons (Fsp3) is 0.0714. The predicted molar refractivity (Wildman–Crippen MR) is 72.9 cm³/mol. The number of aromatic amines is 1. The number of carbonyl (C=O) groups is 2. The summed E-state index contributed by atoms with van der Waals surface area (Å²) in [6, 6.07) is 6.66. The minimum Gasteiger partial charge on any atom is -0.478 e. The Hall–Kier alpha value is -2.89. The maximum Gasteiger partial charge on any atom is 0.328 e. The van der Waals surface area contributed by atoms with Crippen molar-refractivity contribution < 1.29 is 14.7 Å². The third kappa shape index (κ3) is 3.81. The van der Waals surface area contributed by atoms with Crippen LogP contribution >= 0.6 is 0 Å². The number of carboxylic acids is 1. The number of benzene rings is 1. The molecule has 1 aromatic carbocycles. The average Bonchev–Trinajstić information content (AvgIpc) is 2.96.